The maximum absolute atomic E-state index is 6.47. The lowest BCUT2D eigenvalue weighted by Crippen LogP contribution is -1.83. The molecule has 0 saturated carbocycles. The molecule has 6 N–H and O–H groups in total. The highest BCUT2D eigenvalue weighted by Crippen LogP contribution is 2.41. The zero-order chi connectivity index (χ0) is 55.9. The third-order valence-electron chi connectivity index (χ3n) is 15.2. The summed E-state index contributed by atoms with van der Waals surface area (Å²) in [6.45, 7) is 0. The highest BCUT2D eigenvalue weighted by molar-refractivity contribution is 6.44. The third-order valence-corrected chi connectivity index (χ3v) is 16.6. The van der Waals surface area contributed by atoms with Crippen molar-refractivity contribution in [3.05, 3.63) is 190 Å². The van der Waals surface area contributed by atoms with Crippen molar-refractivity contribution in [2.24, 2.45) is 0 Å². The minimum Gasteiger partial charge on any atom is -0.870 e. The molecule has 4 aliphatic heterocycles. The van der Waals surface area contributed by atoms with E-state index in [2.05, 4.69) is 19.9 Å². The zero-order valence-corrected chi connectivity index (χ0v) is 47.0. The summed E-state index contributed by atoms with van der Waals surface area (Å²) in [4.78, 5) is 73.1. The average molecular weight is 1200 g/mol. The van der Waals surface area contributed by atoms with E-state index in [1.165, 1.54) is 0 Å². The van der Waals surface area contributed by atoms with Gasteiger partial charge in [0, 0.05) is 87.6 Å². The molecule has 14 aromatic rings. The molecule has 4 aliphatic rings. The summed E-state index contributed by atoms with van der Waals surface area (Å²) in [5, 5.41) is 8.43. The van der Waals surface area contributed by atoms with E-state index in [1.807, 2.05) is 146 Å². The molecule has 86 heavy (non-hydrogen) atoms. The van der Waals surface area contributed by atoms with Gasteiger partial charge in [-0.1, -0.05) is 192 Å². The first kappa shape index (κ1) is 52.4. The van der Waals surface area contributed by atoms with Gasteiger partial charge in [-0.3, -0.25) is 0 Å². The lowest BCUT2D eigenvalue weighted by atomic mass is 10.1. The van der Waals surface area contributed by atoms with Gasteiger partial charge in [-0.2, -0.15) is 0 Å². The van der Waals surface area contributed by atoms with Crippen LogP contribution in [0.5, 0.6) is 0 Å². The SMILES string of the molecule is Clc1cc2c3nc4nc(nc5[nH]c(nc6nc(nc([nH]3)c2cc1Cl)-c1ccccc1-6)c1ccccc51)-c1ccccc1-4.Clc1cc2c3nc4nc(nc5[nH]c(nc6nc(nc([nH]3)c2cc1Cl)-c1ccccc1-6)c1ccccc51)-c1ccccc1-4.[OH-].[OH-]. The molecule has 6 aromatic heterocycles. The van der Waals surface area contributed by atoms with Crippen LogP contribution in [0.4, 0.5) is 0 Å². The van der Waals surface area contributed by atoms with E-state index >= 15 is 0 Å². The summed E-state index contributed by atoms with van der Waals surface area (Å²) < 4.78 is 0. The Kier molecular flexibility index (Phi) is 12.3. The lowest BCUT2D eigenvalue weighted by molar-refractivity contribution is 0.823. The second-order valence-corrected chi connectivity index (χ2v) is 21.7. The normalized spacial score (nSPS) is 11.8. The second-order valence-electron chi connectivity index (χ2n) is 20.1. The van der Waals surface area contributed by atoms with E-state index in [0.717, 1.165) is 87.6 Å². The van der Waals surface area contributed by atoms with E-state index in [1.54, 1.807) is 24.3 Å². The molecular formula is C64H34Cl4N16O2-2. The fourth-order valence-corrected chi connectivity index (χ4v) is 11.9. The Morgan fingerprint density at radius 3 is 0.523 bits per heavy atom. The van der Waals surface area contributed by atoms with Crippen LogP contribution in [0.2, 0.25) is 20.1 Å². The van der Waals surface area contributed by atoms with E-state index in [0.29, 0.717) is 112 Å². The van der Waals surface area contributed by atoms with Crippen molar-refractivity contribution in [1.29, 1.82) is 0 Å². The van der Waals surface area contributed by atoms with Crippen LogP contribution in [0.1, 0.15) is 0 Å². The lowest BCUT2D eigenvalue weighted by Gasteiger charge is -1.97. The fraction of sp³-hybridized carbons (Fsp3) is 0. The van der Waals surface area contributed by atoms with Gasteiger partial charge in [0.2, 0.25) is 0 Å². The standard InChI is InChI=1S/2C32H16Cl2N8.2H2O/c2*33-23-13-21-22(14-24(23)34)32-41-30-20-12-6-4-10-18(20)28(39-30)37-26-16-8-2-1-7-15(16)25(35-26)36-27-17-9-3-5-11-19(17)29(38-27)40-31(21)42-32;;/h2*1-14H,(H2,35,36,37,38,39,40,41,42);2*1H2/p-2. The molecule has 0 atom stereocenters. The molecule has 10 heterocycles. The first-order valence-electron chi connectivity index (χ1n) is 26.4. The number of rotatable bonds is 0. The van der Waals surface area contributed by atoms with Gasteiger partial charge in [-0.05, 0) is 24.3 Å². The number of benzene rings is 8. The van der Waals surface area contributed by atoms with E-state index < -0.39 is 0 Å². The number of halogens is 4. The van der Waals surface area contributed by atoms with Crippen LogP contribution in [0.3, 0.4) is 0 Å². The third kappa shape index (κ3) is 8.33. The Balaban J connectivity index is 0.000000142. The van der Waals surface area contributed by atoms with Crippen molar-refractivity contribution in [3.8, 4) is 91.1 Å². The molecule has 412 valence electrons. The first-order chi connectivity index (χ1) is 41.2. The van der Waals surface area contributed by atoms with Gasteiger partial charge in [-0.25, -0.2) is 59.8 Å². The van der Waals surface area contributed by atoms with Crippen molar-refractivity contribution < 1.29 is 11.0 Å². The predicted octanol–water partition coefficient (Wildman–Crippen LogP) is 16.0. The van der Waals surface area contributed by atoms with Crippen molar-refractivity contribution in [2.75, 3.05) is 0 Å². The quantitative estimate of drug-likeness (QED) is 0.110. The molecule has 18 rings (SSSR count). The van der Waals surface area contributed by atoms with Crippen molar-refractivity contribution >= 4 is 135 Å². The summed E-state index contributed by atoms with van der Waals surface area (Å²) in [5.41, 5.74) is 11.8. The molecule has 18 nitrogen and oxygen atoms in total. The van der Waals surface area contributed by atoms with Gasteiger partial charge in [0.25, 0.3) is 0 Å². The van der Waals surface area contributed by atoms with Crippen molar-refractivity contribution in [2.45, 2.75) is 0 Å². The van der Waals surface area contributed by atoms with Crippen LogP contribution in [-0.4, -0.2) is 90.7 Å². The smallest absolute Gasteiger partial charge is 0.164 e. The zero-order valence-electron chi connectivity index (χ0n) is 43.9. The molecule has 0 amide bonds. The maximum atomic E-state index is 6.47. The monoisotopic (exact) mass is 1200 g/mol. The van der Waals surface area contributed by atoms with Gasteiger partial charge in [0.1, 0.15) is 45.2 Å². The molecule has 0 spiro atoms. The summed E-state index contributed by atoms with van der Waals surface area (Å²) in [7, 11) is 0. The molecule has 0 unspecified atom stereocenters. The van der Waals surface area contributed by atoms with Crippen LogP contribution in [0.15, 0.2) is 170 Å². The molecule has 0 radical (unpaired) electrons. The number of nitrogens with zero attached hydrogens (tertiary/aromatic N) is 12. The summed E-state index contributed by atoms with van der Waals surface area (Å²) in [6, 6.07) is 54.9. The van der Waals surface area contributed by atoms with E-state index in [-0.39, 0.29) is 11.0 Å². The van der Waals surface area contributed by atoms with Gasteiger partial charge in [0.05, 0.1) is 20.1 Å². The van der Waals surface area contributed by atoms with Crippen LogP contribution in [0, 0.1) is 0 Å². The number of aromatic nitrogens is 16. The minimum absolute atomic E-state index is 0. The van der Waals surface area contributed by atoms with E-state index in [4.69, 9.17) is 106 Å². The largest absolute Gasteiger partial charge is 0.870 e. The predicted molar refractivity (Wildman–Crippen MR) is 336 cm³/mol. The summed E-state index contributed by atoms with van der Waals surface area (Å²) in [5.74, 6) is 4.31. The van der Waals surface area contributed by atoms with Gasteiger partial charge >= 0.3 is 0 Å². The minimum atomic E-state index is 0. The average Bonchev–Trinajstić information content (AvgIpc) is 2.15. The Morgan fingerprint density at radius 2 is 0.349 bits per heavy atom. The Bertz CT molecular complexity index is 4950. The first-order valence-corrected chi connectivity index (χ1v) is 27.9. The molecule has 16 bridgehead atoms. The van der Waals surface area contributed by atoms with Crippen molar-refractivity contribution in [3.63, 3.8) is 0 Å². The Morgan fingerprint density at radius 1 is 0.198 bits per heavy atom. The number of nitrogens with one attached hydrogen (secondary N) is 4. The maximum Gasteiger partial charge on any atom is 0.164 e. The van der Waals surface area contributed by atoms with Gasteiger partial charge in [-0.15, -0.1) is 0 Å². The van der Waals surface area contributed by atoms with Crippen LogP contribution >= 0.6 is 46.4 Å². The topological polar surface area (TPSA) is 278 Å². The van der Waals surface area contributed by atoms with Crippen LogP contribution in [0.25, 0.3) is 179 Å². The molecular weight excluding hydrogens is 1170 g/mol. The summed E-state index contributed by atoms with van der Waals surface area (Å²) in [6.07, 6.45) is 0. The van der Waals surface area contributed by atoms with Crippen LogP contribution < -0.4 is 0 Å². The Labute approximate surface area is 503 Å². The fourth-order valence-electron chi connectivity index (χ4n) is 11.3. The number of H-pyrrole nitrogens is 4. The molecule has 22 heteroatoms. The summed E-state index contributed by atoms with van der Waals surface area (Å²) >= 11 is 25.9. The van der Waals surface area contributed by atoms with Gasteiger partial charge in [0.15, 0.2) is 46.6 Å². The van der Waals surface area contributed by atoms with Gasteiger partial charge < -0.3 is 30.9 Å². The highest BCUT2D eigenvalue weighted by atomic mass is 35.5. The number of fused-ring (bicyclic) bond motifs is 40. The van der Waals surface area contributed by atoms with Crippen molar-refractivity contribution in [1.82, 2.24) is 79.7 Å². The van der Waals surface area contributed by atoms with Crippen LogP contribution in [-0.2, 0) is 0 Å². The molecule has 0 fully saturated rings. The molecule has 0 saturated heterocycles. The highest BCUT2D eigenvalue weighted by Gasteiger charge is 2.25. The molecule has 0 aliphatic carbocycles. The molecule has 8 aromatic carbocycles. The Hall–Kier alpha value is -10.4. The number of hydrogen-bond donors (Lipinski definition) is 4. The second kappa shape index (κ2) is 20.1. The number of aromatic amines is 4. The van der Waals surface area contributed by atoms with E-state index in [9.17, 15) is 0 Å². The number of hydrogen-bond acceptors (Lipinski definition) is 14.